The summed E-state index contributed by atoms with van der Waals surface area (Å²) in [5.41, 5.74) is 3.41. The highest BCUT2D eigenvalue weighted by atomic mass is 32.1. The smallest absolute Gasteiger partial charge is 0.275 e. The molecule has 1 heterocycles. The summed E-state index contributed by atoms with van der Waals surface area (Å²) in [6.45, 7) is 8.30. The monoisotopic (exact) mass is 298 g/mol. The van der Waals surface area contributed by atoms with Crippen LogP contribution in [0.2, 0.25) is 0 Å². The van der Waals surface area contributed by atoms with Gasteiger partial charge in [0.05, 0.1) is 4.88 Å². The van der Waals surface area contributed by atoms with Gasteiger partial charge in [0.2, 0.25) is 0 Å². The van der Waals surface area contributed by atoms with E-state index in [1.165, 1.54) is 21.8 Å². The van der Waals surface area contributed by atoms with Crippen molar-refractivity contribution in [3.63, 3.8) is 0 Å². The quantitative estimate of drug-likeness (QED) is 0.433. The van der Waals surface area contributed by atoms with Gasteiger partial charge >= 0.3 is 0 Å². The normalized spacial score (nSPS) is 11.3. The Morgan fingerprint density at radius 3 is 2.65 bits per heavy atom. The number of hydrogen-bond acceptors (Lipinski definition) is 5. The van der Waals surface area contributed by atoms with Crippen LogP contribution < -0.4 is 11.3 Å². The van der Waals surface area contributed by atoms with Crippen LogP contribution in [0.5, 0.6) is 0 Å². The van der Waals surface area contributed by atoms with Gasteiger partial charge in [0, 0.05) is 11.4 Å². The second kappa shape index (κ2) is 8.36. The fraction of sp³-hybridized carbons (Fsp3) is 0.643. The molecule has 0 fully saturated rings. The molecular formula is C14H26N4OS. The van der Waals surface area contributed by atoms with Crippen molar-refractivity contribution >= 4 is 17.2 Å². The Morgan fingerprint density at radius 2 is 2.10 bits per heavy atom. The SMILES string of the molecule is CCN(CCCN(C)C)Cc1cc(C(=O)NN)sc1C. The first-order valence-corrected chi connectivity index (χ1v) is 7.76. The van der Waals surface area contributed by atoms with Crippen LogP contribution in [0.4, 0.5) is 0 Å². The number of aryl methyl sites for hydroxylation is 1. The van der Waals surface area contributed by atoms with Crippen molar-refractivity contribution in [1.29, 1.82) is 0 Å². The van der Waals surface area contributed by atoms with E-state index >= 15 is 0 Å². The molecule has 1 aromatic rings. The summed E-state index contributed by atoms with van der Waals surface area (Å²) in [7, 11) is 4.19. The Hall–Kier alpha value is -0.950. The van der Waals surface area contributed by atoms with Crippen molar-refractivity contribution in [2.75, 3.05) is 33.7 Å². The number of carbonyl (C=O) groups is 1. The molecule has 0 atom stereocenters. The summed E-state index contributed by atoms with van der Waals surface area (Å²) in [6, 6.07) is 1.96. The Labute approximate surface area is 125 Å². The van der Waals surface area contributed by atoms with E-state index in [1.54, 1.807) is 0 Å². The Bertz CT molecular complexity index is 431. The second-order valence-electron chi connectivity index (χ2n) is 5.19. The number of thiophene rings is 1. The van der Waals surface area contributed by atoms with E-state index in [0.717, 1.165) is 32.6 Å². The van der Waals surface area contributed by atoms with E-state index in [4.69, 9.17) is 5.84 Å². The molecule has 0 saturated heterocycles. The van der Waals surface area contributed by atoms with Crippen molar-refractivity contribution in [3.8, 4) is 0 Å². The summed E-state index contributed by atoms with van der Waals surface area (Å²) < 4.78 is 0. The number of nitrogens with zero attached hydrogens (tertiary/aromatic N) is 2. The van der Waals surface area contributed by atoms with Crippen molar-refractivity contribution in [2.24, 2.45) is 5.84 Å². The van der Waals surface area contributed by atoms with Gasteiger partial charge in [-0.25, -0.2) is 5.84 Å². The molecular weight excluding hydrogens is 272 g/mol. The third-order valence-electron chi connectivity index (χ3n) is 3.30. The molecule has 20 heavy (non-hydrogen) atoms. The summed E-state index contributed by atoms with van der Waals surface area (Å²) in [5.74, 6) is 4.97. The van der Waals surface area contributed by atoms with Gasteiger partial charge in [-0.15, -0.1) is 11.3 Å². The molecule has 0 aliphatic rings. The predicted molar refractivity (Wildman–Crippen MR) is 84.8 cm³/mol. The topological polar surface area (TPSA) is 61.6 Å². The van der Waals surface area contributed by atoms with E-state index in [-0.39, 0.29) is 5.91 Å². The first kappa shape index (κ1) is 17.1. The molecule has 3 N–H and O–H groups in total. The number of nitrogens with one attached hydrogen (secondary N) is 1. The lowest BCUT2D eigenvalue weighted by molar-refractivity contribution is 0.0957. The largest absolute Gasteiger partial charge is 0.309 e. The minimum Gasteiger partial charge on any atom is -0.309 e. The predicted octanol–water partition coefficient (Wildman–Crippen LogP) is 1.43. The zero-order valence-electron chi connectivity index (χ0n) is 12.9. The molecule has 0 aliphatic carbocycles. The number of amides is 1. The minimum absolute atomic E-state index is 0.208. The molecule has 0 saturated carbocycles. The number of nitrogens with two attached hydrogens (primary N) is 1. The molecule has 0 spiro atoms. The summed E-state index contributed by atoms with van der Waals surface area (Å²) in [5, 5.41) is 0. The van der Waals surface area contributed by atoms with Crippen LogP contribution in [0.15, 0.2) is 6.07 Å². The standard InChI is InChI=1S/C14H26N4OS/c1-5-18(8-6-7-17(3)4)10-12-9-13(14(19)16-15)20-11(12)2/h9H,5-8,10,15H2,1-4H3,(H,16,19). The van der Waals surface area contributed by atoms with Crippen molar-refractivity contribution in [1.82, 2.24) is 15.2 Å². The zero-order valence-corrected chi connectivity index (χ0v) is 13.7. The van der Waals surface area contributed by atoms with Gasteiger partial charge in [-0.2, -0.15) is 0 Å². The van der Waals surface area contributed by atoms with Gasteiger partial charge in [-0.3, -0.25) is 15.1 Å². The Kier molecular flexibility index (Phi) is 7.15. The highest BCUT2D eigenvalue weighted by Crippen LogP contribution is 2.22. The van der Waals surface area contributed by atoms with Crippen molar-refractivity contribution in [2.45, 2.75) is 26.8 Å². The van der Waals surface area contributed by atoms with E-state index in [0.29, 0.717) is 4.88 Å². The van der Waals surface area contributed by atoms with Crippen LogP contribution in [0, 0.1) is 6.92 Å². The van der Waals surface area contributed by atoms with Crippen molar-refractivity contribution in [3.05, 3.63) is 21.4 Å². The number of hydrogen-bond donors (Lipinski definition) is 2. The van der Waals surface area contributed by atoms with E-state index in [1.807, 2.05) is 6.07 Å². The molecule has 0 aromatic carbocycles. The first-order valence-electron chi connectivity index (χ1n) is 6.95. The summed E-state index contributed by atoms with van der Waals surface area (Å²) in [4.78, 5) is 18.0. The first-order chi connectivity index (χ1) is 9.47. The maximum atomic E-state index is 11.5. The summed E-state index contributed by atoms with van der Waals surface area (Å²) >= 11 is 1.50. The Balaban J connectivity index is 2.60. The summed E-state index contributed by atoms with van der Waals surface area (Å²) in [6.07, 6.45) is 1.15. The molecule has 1 rings (SSSR count). The average molecular weight is 298 g/mol. The average Bonchev–Trinajstić information content (AvgIpc) is 2.77. The van der Waals surface area contributed by atoms with Crippen LogP contribution in [-0.2, 0) is 6.54 Å². The number of nitrogen functional groups attached to an aromatic ring is 1. The van der Waals surface area contributed by atoms with Gasteiger partial charge in [0.25, 0.3) is 5.91 Å². The van der Waals surface area contributed by atoms with Gasteiger partial charge in [-0.05, 0) is 58.7 Å². The minimum atomic E-state index is -0.208. The van der Waals surface area contributed by atoms with Crippen LogP contribution >= 0.6 is 11.3 Å². The maximum absolute atomic E-state index is 11.5. The molecule has 1 aromatic heterocycles. The van der Waals surface area contributed by atoms with Gasteiger partial charge in [0.15, 0.2) is 0 Å². The highest BCUT2D eigenvalue weighted by molar-refractivity contribution is 7.14. The molecule has 6 heteroatoms. The molecule has 0 bridgehead atoms. The van der Waals surface area contributed by atoms with E-state index in [9.17, 15) is 4.79 Å². The van der Waals surface area contributed by atoms with Crippen molar-refractivity contribution < 1.29 is 4.79 Å². The van der Waals surface area contributed by atoms with E-state index in [2.05, 4.69) is 43.2 Å². The fourth-order valence-electron chi connectivity index (χ4n) is 2.06. The number of hydrazine groups is 1. The molecule has 0 radical (unpaired) electrons. The lowest BCUT2D eigenvalue weighted by Gasteiger charge is -2.21. The van der Waals surface area contributed by atoms with Crippen LogP contribution in [-0.4, -0.2) is 49.4 Å². The highest BCUT2D eigenvalue weighted by Gasteiger charge is 2.13. The lowest BCUT2D eigenvalue weighted by atomic mass is 10.2. The zero-order chi connectivity index (χ0) is 15.1. The molecule has 114 valence electrons. The van der Waals surface area contributed by atoms with Gasteiger partial charge < -0.3 is 4.90 Å². The van der Waals surface area contributed by atoms with Crippen LogP contribution in [0.1, 0.15) is 33.5 Å². The van der Waals surface area contributed by atoms with Gasteiger partial charge in [0.1, 0.15) is 0 Å². The molecule has 5 nitrogen and oxygen atoms in total. The van der Waals surface area contributed by atoms with E-state index < -0.39 is 0 Å². The fourth-order valence-corrected chi connectivity index (χ4v) is 3.00. The second-order valence-corrected chi connectivity index (χ2v) is 6.45. The van der Waals surface area contributed by atoms with Crippen LogP contribution in [0.3, 0.4) is 0 Å². The molecule has 1 amide bonds. The molecule has 0 unspecified atom stereocenters. The third kappa shape index (κ3) is 5.20. The lowest BCUT2D eigenvalue weighted by Crippen LogP contribution is -2.29. The molecule has 0 aliphatic heterocycles. The number of rotatable bonds is 8. The number of carbonyl (C=O) groups excluding carboxylic acids is 1. The maximum Gasteiger partial charge on any atom is 0.275 e. The Morgan fingerprint density at radius 1 is 1.40 bits per heavy atom. The third-order valence-corrected chi connectivity index (χ3v) is 4.39. The van der Waals surface area contributed by atoms with Gasteiger partial charge in [-0.1, -0.05) is 6.92 Å². The van der Waals surface area contributed by atoms with Crippen LogP contribution in [0.25, 0.3) is 0 Å².